The smallest absolute Gasteiger partial charge is 0.237 e. The minimum atomic E-state index is -0.860. The first kappa shape index (κ1) is 10.6. The first-order valence-corrected chi connectivity index (χ1v) is 4.29. The van der Waals surface area contributed by atoms with Crippen LogP contribution in [-0.4, -0.2) is 23.4 Å². The van der Waals surface area contributed by atoms with Gasteiger partial charge in [0.1, 0.15) is 11.6 Å². The Morgan fingerprint density at radius 1 is 1.07 bits per heavy atom. The second kappa shape index (κ2) is 3.69. The van der Waals surface area contributed by atoms with Gasteiger partial charge in [0.05, 0.1) is 11.8 Å². The van der Waals surface area contributed by atoms with Crippen molar-refractivity contribution in [2.75, 3.05) is 0 Å². The number of Topliss-reactive ketones (excluding diaryl/α,β-unsaturated/α-hetero) is 2. The molecule has 0 radical (unpaired) electrons. The lowest BCUT2D eigenvalue weighted by Gasteiger charge is -2.24. The summed E-state index contributed by atoms with van der Waals surface area (Å²) in [7, 11) is 0. The molecule has 0 spiro atoms. The number of hydrogen-bond donors (Lipinski definition) is 1. The summed E-state index contributed by atoms with van der Waals surface area (Å²) < 4.78 is 0. The highest BCUT2D eigenvalue weighted by Crippen LogP contribution is 2.19. The third kappa shape index (κ3) is 1.86. The van der Waals surface area contributed by atoms with Gasteiger partial charge in [0.25, 0.3) is 0 Å². The lowest BCUT2D eigenvalue weighted by atomic mass is 9.85. The molecule has 2 amide bonds. The van der Waals surface area contributed by atoms with Gasteiger partial charge in [0.2, 0.25) is 11.8 Å². The second-order valence-electron chi connectivity index (χ2n) is 3.42. The van der Waals surface area contributed by atoms with Gasteiger partial charge < -0.3 is 0 Å². The third-order valence-electron chi connectivity index (χ3n) is 2.33. The SMILES string of the molecule is CC(=O)C1CC(C(C)=O)C(=O)NC1=O. The van der Waals surface area contributed by atoms with Crippen molar-refractivity contribution in [1.29, 1.82) is 0 Å². The normalized spacial score (nSPS) is 27.0. The molecule has 5 nitrogen and oxygen atoms in total. The first-order valence-electron chi connectivity index (χ1n) is 4.29. The second-order valence-corrected chi connectivity index (χ2v) is 3.42. The molecule has 1 aliphatic heterocycles. The summed E-state index contributed by atoms with van der Waals surface area (Å²) >= 11 is 0. The van der Waals surface area contributed by atoms with Crippen LogP contribution in [0, 0.1) is 11.8 Å². The lowest BCUT2D eigenvalue weighted by Crippen LogP contribution is -2.50. The Bertz CT molecular complexity index is 291. The van der Waals surface area contributed by atoms with E-state index in [0.29, 0.717) is 0 Å². The van der Waals surface area contributed by atoms with Gasteiger partial charge in [0, 0.05) is 0 Å². The van der Waals surface area contributed by atoms with Gasteiger partial charge in [-0.15, -0.1) is 0 Å². The summed E-state index contributed by atoms with van der Waals surface area (Å²) in [5, 5.41) is 2.02. The van der Waals surface area contributed by atoms with E-state index < -0.39 is 23.7 Å². The van der Waals surface area contributed by atoms with Crippen LogP contribution in [0.5, 0.6) is 0 Å². The molecule has 1 N–H and O–H groups in total. The van der Waals surface area contributed by atoms with Crippen molar-refractivity contribution < 1.29 is 19.2 Å². The van der Waals surface area contributed by atoms with Gasteiger partial charge in [-0.2, -0.15) is 0 Å². The zero-order chi connectivity index (χ0) is 10.9. The van der Waals surface area contributed by atoms with Crippen LogP contribution in [0.2, 0.25) is 0 Å². The third-order valence-corrected chi connectivity index (χ3v) is 2.33. The largest absolute Gasteiger partial charge is 0.299 e. The number of ketones is 2. The quantitative estimate of drug-likeness (QED) is 0.475. The Hall–Kier alpha value is -1.52. The molecule has 14 heavy (non-hydrogen) atoms. The minimum absolute atomic E-state index is 0.00926. The summed E-state index contributed by atoms with van der Waals surface area (Å²) in [6, 6.07) is 0. The van der Waals surface area contributed by atoms with E-state index in [4.69, 9.17) is 0 Å². The predicted octanol–water partition coefficient (Wildman–Crippen LogP) is -0.557. The molecule has 2 unspecified atom stereocenters. The van der Waals surface area contributed by atoms with Gasteiger partial charge in [0.15, 0.2) is 0 Å². The zero-order valence-corrected chi connectivity index (χ0v) is 7.99. The molecule has 1 aliphatic rings. The summed E-state index contributed by atoms with van der Waals surface area (Å²) in [6.07, 6.45) is 0.00926. The molecule has 0 aromatic rings. The van der Waals surface area contributed by atoms with Crippen LogP contribution < -0.4 is 5.32 Å². The Morgan fingerprint density at radius 3 is 1.71 bits per heavy atom. The maximum Gasteiger partial charge on any atom is 0.237 e. The molecule has 0 aromatic heterocycles. The Labute approximate surface area is 80.8 Å². The highest BCUT2D eigenvalue weighted by Gasteiger charge is 2.38. The Balaban J connectivity index is 2.86. The number of carbonyl (C=O) groups excluding carboxylic acids is 4. The van der Waals surface area contributed by atoms with Crippen LogP contribution in [-0.2, 0) is 19.2 Å². The molecule has 76 valence electrons. The molecule has 1 fully saturated rings. The fraction of sp³-hybridized carbons (Fsp3) is 0.556. The number of hydrogen-bond acceptors (Lipinski definition) is 4. The summed E-state index contributed by atoms with van der Waals surface area (Å²) in [6.45, 7) is 2.55. The Morgan fingerprint density at radius 2 is 1.43 bits per heavy atom. The lowest BCUT2D eigenvalue weighted by molar-refractivity contribution is -0.145. The van der Waals surface area contributed by atoms with Crippen LogP contribution in [0.15, 0.2) is 0 Å². The standard InChI is InChI=1S/C9H11NO4/c1-4(11)6-3-7(5(2)12)9(14)10-8(6)13/h6-7H,3H2,1-2H3,(H,10,13,14). The first-order chi connectivity index (χ1) is 6.43. The molecule has 0 aromatic carbocycles. The van der Waals surface area contributed by atoms with E-state index in [1.807, 2.05) is 5.32 Å². The van der Waals surface area contributed by atoms with Crippen LogP contribution in [0.3, 0.4) is 0 Å². The summed E-state index contributed by atoms with van der Waals surface area (Å²) in [4.78, 5) is 44.3. The molecule has 5 heteroatoms. The average molecular weight is 197 g/mol. The number of rotatable bonds is 2. The van der Waals surface area contributed by atoms with Crippen LogP contribution in [0.25, 0.3) is 0 Å². The fourth-order valence-corrected chi connectivity index (χ4v) is 1.45. The number of imide groups is 1. The molecule has 1 rings (SSSR count). The van der Waals surface area contributed by atoms with Crippen LogP contribution >= 0.6 is 0 Å². The molecule has 0 saturated carbocycles. The number of nitrogens with one attached hydrogen (secondary N) is 1. The summed E-state index contributed by atoms with van der Waals surface area (Å²) in [5.41, 5.74) is 0. The van der Waals surface area contributed by atoms with E-state index >= 15 is 0 Å². The highest BCUT2D eigenvalue weighted by molar-refractivity contribution is 6.14. The van der Waals surface area contributed by atoms with Crippen molar-refractivity contribution in [3.05, 3.63) is 0 Å². The van der Waals surface area contributed by atoms with Gasteiger partial charge in [-0.3, -0.25) is 24.5 Å². The van der Waals surface area contributed by atoms with Crippen molar-refractivity contribution in [3.63, 3.8) is 0 Å². The Kier molecular flexibility index (Phi) is 2.78. The van der Waals surface area contributed by atoms with E-state index in [9.17, 15) is 19.2 Å². The van der Waals surface area contributed by atoms with Gasteiger partial charge in [-0.1, -0.05) is 0 Å². The molecule has 0 bridgehead atoms. The van der Waals surface area contributed by atoms with Crippen molar-refractivity contribution in [3.8, 4) is 0 Å². The summed E-state index contributed by atoms with van der Waals surface area (Å²) in [5.74, 6) is -3.55. The molecule has 0 aliphatic carbocycles. The van der Waals surface area contributed by atoms with Gasteiger partial charge >= 0.3 is 0 Å². The predicted molar refractivity (Wildman–Crippen MR) is 46.1 cm³/mol. The van der Waals surface area contributed by atoms with E-state index in [-0.39, 0.29) is 18.0 Å². The number of carbonyl (C=O) groups is 4. The number of amides is 2. The van der Waals surface area contributed by atoms with Crippen molar-refractivity contribution in [1.82, 2.24) is 5.32 Å². The van der Waals surface area contributed by atoms with Gasteiger partial charge in [-0.05, 0) is 20.3 Å². The molecule has 2 atom stereocenters. The molecule has 1 heterocycles. The maximum atomic E-state index is 11.2. The van der Waals surface area contributed by atoms with Crippen LogP contribution in [0.4, 0.5) is 0 Å². The van der Waals surface area contributed by atoms with E-state index in [1.54, 1.807) is 0 Å². The van der Waals surface area contributed by atoms with E-state index in [2.05, 4.69) is 0 Å². The molecular formula is C9H11NO4. The topological polar surface area (TPSA) is 80.3 Å². The zero-order valence-electron chi connectivity index (χ0n) is 7.99. The van der Waals surface area contributed by atoms with Gasteiger partial charge in [-0.25, -0.2) is 0 Å². The van der Waals surface area contributed by atoms with Crippen molar-refractivity contribution >= 4 is 23.4 Å². The van der Waals surface area contributed by atoms with Crippen molar-refractivity contribution in [2.24, 2.45) is 11.8 Å². The average Bonchev–Trinajstić information content (AvgIpc) is 2.02. The maximum absolute atomic E-state index is 11.2. The van der Waals surface area contributed by atoms with E-state index in [1.165, 1.54) is 13.8 Å². The highest BCUT2D eigenvalue weighted by atomic mass is 16.2. The molecular weight excluding hydrogens is 186 g/mol. The molecule has 1 saturated heterocycles. The van der Waals surface area contributed by atoms with Crippen LogP contribution in [0.1, 0.15) is 20.3 Å². The fourth-order valence-electron chi connectivity index (χ4n) is 1.45. The monoisotopic (exact) mass is 197 g/mol. The minimum Gasteiger partial charge on any atom is -0.299 e. The van der Waals surface area contributed by atoms with Crippen molar-refractivity contribution in [2.45, 2.75) is 20.3 Å². The number of piperidine rings is 1. The van der Waals surface area contributed by atoms with E-state index in [0.717, 1.165) is 0 Å².